The molecule has 0 amide bonds. The molecule has 1 fully saturated rings. The molecule has 0 bridgehead atoms. The van der Waals surface area contributed by atoms with Gasteiger partial charge >= 0.3 is 23.9 Å². The second-order valence-electron chi connectivity index (χ2n) is 6.22. The summed E-state index contributed by atoms with van der Waals surface area (Å²) in [5.41, 5.74) is -1.12. The van der Waals surface area contributed by atoms with Crippen molar-refractivity contribution in [3.8, 4) is 0 Å². The topological polar surface area (TPSA) is 114 Å². The van der Waals surface area contributed by atoms with Crippen LogP contribution in [0.5, 0.6) is 0 Å². The van der Waals surface area contributed by atoms with Crippen molar-refractivity contribution in [3.63, 3.8) is 0 Å². The molecule has 1 heterocycles. The first-order chi connectivity index (χ1) is 13.3. The Hall–Kier alpha value is -2.94. The van der Waals surface area contributed by atoms with Crippen LogP contribution in [0.4, 0.5) is 0 Å². The van der Waals surface area contributed by atoms with Gasteiger partial charge in [0.1, 0.15) is 11.8 Å². The molecular weight excluding hydrogens is 372 g/mol. The number of hydrogen-bond acceptors (Lipinski definition) is 9. The molecule has 0 aromatic heterocycles. The van der Waals surface area contributed by atoms with Crippen LogP contribution in [0.25, 0.3) is 0 Å². The zero-order chi connectivity index (χ0) is 21.1. The van der Waals surface area contributed by atoms with Gasteiger partial charge in [0.05, 0.1) is 34.5 Å². The first-order valence-corrected chi connectivity index (χ1v) is 8.35. The fourth-order valence-electron chi connectivity index (χ4n) is 3.38. The molecule has 1 aliphatic heterocycles. The van der Waals surface area contributed by atoms with Gasteiger partial charge in [0.25, 0.3) is 5.60 Å². The Kier molecular flexibility index (Phi) is 6.40. The summed E-state index contributed by atoms with van der Waals surface area (Å²) >= 11 is 0. The van der Waals surface area contributed by atoms with Crippen LogP contribution < -0.4 is 0 Å². The number of hydrogen-bond donors (Lipinski definition) is 0. The monoisotopic (exact) mass is 394 g/mol. The van der Waals surface area contributed by atoms with Gasteiger partial charge in [0.2, 0.25) is 0 Å². The Balaban J connectivity index is 2.75. The molecule has 0 aliphatic carbocycles. The van der Waals surface area contributed by atoms with Gasteiger partial charge in [-0.3, -0.25) is 9.59 Å². The van der Waals surface area contributed by atoms with E-state index in [-0.39, 0.29) is 0 Å². The normalized spacial score (nSPS) is 22.8. The number of carbonyl (C=O) groups is 4. The van der Waals surface area contributed by atoms with Crippen LogP contribution in [0.3, 0.4) is 0 Å². The molecule has 9 heteroatoms. The van der Waals surface area contributed by atoms with Crippen molar-refractivity contribution in [3.05, 3.63) is 35.4 Å². The number of aryl methyl sites for hydroxylation is 1. The zero-order valence-corrected chi connectivity index (χ0v) is 16.2. The van der Waals surface area contributed by atoms with Gasteiger partial charge in [-0.05, 0) is 12.5 Å². The van der Waals surface area contributed by atoms with Crippen LogP contribution in [0.1, 0.15) is 17.2 Å². The predicted molar refractivity (Wildman–Crippen MR) is 92.8 cm³/mol. The summed E-state index contributed by atoms with van der Waals surface area (Å²) in [5.74, 6) is -7.25. The van der Waals surface area contributed by atoms with Crippen LogP contribution in [-0.4, -0.2) is 57.9 Å². The highest BCUT2D eigenvalue weighted by molar-refractivity contribution is 6.09. The van der Waals surface area contributed by atoms with E-state index in [2.05, 4.69) is 0 Å². The minimum absolute atomic E-state index is 0.463. The van der Waals surface area contributed by atoms with E-state index in [1.807, 2.05) is 6.92 Å². The second-order valence-corrected chi connectivity index (χ2v) is 6.22. The van der Waals surface area contributed by atoms with E-state index < -0.39 is 47.4 Å². The van der Waals surface area contributed by atoms with Crippen LogP contribution in [-0.2, 0) is 42.9 Å². The van der Waals surface area contributed by atoms with Gasteiger partial charge in [-0.1, -0.05) is 29.8 Å². The number of carbonyl (C=O) groups excluding carboxylic acids is 4. The molecule has 1 saturated heterocycles. The van der Waals surface area contributed by atoms with E-state index in [1.54, 1.807) is 24.3 Å². The Labute approximate surface area is 161 Å². The Morgan fingerprint density at radius 1 is 0.821 bits per heavy atom. The van der Waals surface area contributed by atoms with Crippen LogP contribution >= 0.6 is 0 Å². The quantitative estimate of drug-likeness (QED) is 0.405. The Morgan fingerprint density at radius 2 is 1.32 bits per heavy atom. The van der Waals surface area contributed by atoms with Gasteiger partial charge in [-0.15, -0.1) is 0 Å². The summed E-state index contributed by atoms with van der Waals surface area (Å²) in [6.07, 6.45) is -1.16. The highest BCUT2D eigenvalue weighted by atomic mass is 16.6. The molecule has 152 valence electrons. The number of benzene rings is 1. The lowest BCUT2D eigenvalue weighted by Gasteiger charge is -2.27. The maximum atomic E-state index is 12.6. The van der Waals surface area contributed by atoms with Crippen molar-refractivity contribution in [2.75, 3.05) is 28.4 Å². The molecule has 0 unspecified atom stereocenters. The van der Waals surface area contributed by atoms with Crippen molar-refractivity contribution in [1.29, 1.82) is 0 Å². The van der Waals surface area contributed by atoms with E-state index in [1.165, 1.54) is 0 Å². The molecule has 2 rings (SSSR count). The molecule has 0 N–H and O–H groups in total. The lowest BCUT2D eigenvalue weighted by atomic mass is 9.77. The molecule has 3 atom stereocenters. The standard InChI is InChI=1S/C19H22O9/c1-10-6-8-11(9-7-10)14-12(15(20)24-2)13(16(21)25-3)19(28-14,17(22)26-4)18(23)27-5/h6-9,12-14H,1-5H3/t12-,13-,14+/m0/s1. The predicted octanol–water partition coefficient (Wildman–Crippen LogP) is 0.730. The van der Waals surface area contributed by atoms with Crippen molar-refractivity contribution in [2.24, 2.45) is 11.8 Å². The van der Waals surface area contributed by atoms with E-state index in [9.17, 15) is 19.2 Å². The van der Waals surface area contributed by atoms with Crippen molar-refractivity contribution in [2.45, 2.75) is 18.6 Å². The maximum absolute atomic E-state index is 12.6. The molecule has 0 radical (unpaired) electrons. The molecule has 1 aromatic rings. The average Bonchev–Trinajstić information content (AvgIpc) is 3.09. The molecule has 1 aromatic carbocycles. The number of rotatable bonds is 5. The molecule has 1 aliphatic rings. The minimum Gasteiger partial charge on any atom is -0.469 e. The summed E-state index contributed by atoms with van der Waals surface area (Å²) in [7, 11) is 4.24. The number of ether oxygens (including phenoxy) is 5. The summed E-state index contributed by atoms with van der Waals surface area (Å²) in [6.45, 7) is 1.86. The third kappa shape index (κ3) is 3.33. The van der Waals surface area contributed by atoms with Crippen LogP contribution in [0.15, 0.2) is 24.3 Å². The smallest absolute Gasteiger partial charge is 0.351 e. The van der Waals surface area contributed by atoms with E-state index in [0.717, 1.165) is 34.0 Å². The van der Waals surface area contributed by atoms with Gasteiger partial charge < -0.3 is 23.7 Å². The Bertz CT molecular complexity index is 752. The molecule has 0 spiro atoms. The van der Waals surface area contributed by atoms with E-state index >= 15 is 0 Å². The first-order valence-electron chi connectivity index (χ1n) is 8.35. The summed E-state index contributed by atoms with van der Waals surface area (Å²) in [5, 5.41) is 0. The number of methoxy groups -OCH3 is 4. The van der Waals surface area contributed by atoms with E-state index in [0.29, 0.717) is 5.56 Å². The second kappa shape index (κ2) is 8.39. The van der Waals surface area contributed by atoms with Crippen LogP contribution in [0.2, 0.25) is 0 Å². The van der Waals surface area contributed by atoms with Crippen molar-refractivity contribution < 1.29 is 42.9 Å². The summed E-state index contributed by atoms with van der Waals surface area (Å²) < 4.78 is 24.8. The fraction of sp³-hybridized carbons (Fsp3) is 0.474. The summed E-state index contributed by atoms with van der Waals surface area (Å²) in [6, 6.07) is 6.84. The minimum atomic E-state index is -2.52. The molecule has 9 nitrogen and oxygen atoms in total. The van der Waals surface area contributed by atoms with E-state index in [4.69, 9.17) is 23.7 Å². The van der Waals surface area contributed by atoms with Gasteiger partial charge in [-0.2, -0.15) is 0 Å². The van der Waals surface area contributed by atoms with Crippen molar-refractivity contribution in [1.82, 2.24) is 0 Å². The van der Waals surface area contributed by atoms with Gasteiger partial charge in [0.15, 0.2) is 0 Å². The zero-order valence-electron chi connectivity index (χ0n) is 16.2. The molecule has 0 saturated carbocycles. The molecular formula is C19H22O9. The first kappa shape index (κ1) is 21.4. The van der Waals surface area contributed by atoms with Crippen molar-refractivity contribution >= 4 is 23.9 Å². The lowest BCUT2D eigenvalue weighted by Crippen LogP contribution is -2.56. The highest BCUT2D eigenvalue weighted by Crippen LogP contribution is 2.50. The lowest BCUT2D eigenvalue weighted by molar-refractivity contribution is -0.194. The highest BCUT2D eigenvalue weighted by Gasteiger charge is 2.71. The summed E-state index contributed by atoms with van der Waals surface area (Å²) in [4.78, 5) is 50.5. The fourth-order valence-corrected chi connectivity index (χ4v) is 3.38. The molecule has 28 heavy (non-hydrogen) atoms. The largest absolute Gasteiger partial charge is 0.469 e. The van der Waals surface area contributed by atoms with Crippen LogP contribution in [0, 0.1) is 18.8 Å². The maximum Gasteiger partial charge on any atom is 0.351 e. The Morgan fingerprint density at radius 3 is 1.75 bits per heavy atom. The van der Waals surface area contributed by atoms with Gasteiger partial charge in [-0.25, -0.2) is 9.59 Å². The third-order valence-corrected chi connectivity index (χ3v) is 4.75. The average molecular weight is 394 g/mol. The van der Waals surface area contributed by atoms with Gasteiger partial charge in [0, 0.05) is 0 Å². The SMILES string of the molecule is COC(=O)[C@@H]1[C@@H](c2ccc(C)cc2)OC(C(=O)OC)(C(=O)OC)[C@@H]1C(=O)OC. The number of esters is 4. The third-order valence-electron chi connectivity index (χ3n) is 4.75.